The predicted molar refractivity (Wildman–Crippen MR) is 129 cm³/mol. The Morgan fingerprint density at radius 2 is 1.91 bits per heavy atom. The summed E-state index contributed by atoms with van der Waals surface area (Å²) in [5, 5.41) is 3.46. The molecule has 0 radical (unpaired) electrons. The van der Waals surface area contributed by atoms with Gasteiger partial charge in [0.2, 0.25) is 0 Å². The van der Waals surface area contributed by atoms with Gasteiger partial charge in [-0.1, -0.05) is 13.5 Å². The van der Waals surface area contributed by atoms with Crippen molar-refractivity contribution < 1.29 is 23.5 Å². The van der Waals surface area contributed by atoms with E-state index in [0.29, 0.717) is 17.2 Å². The second-order valence-electron chi connectivity index (χ2n) is 7.65. The van der Waals surface area contributed by atoms with E-state index in [2.05, 4.69) is 15.3 Å². The van der Waals surface area contributed by atoms with Gasteiger partial charge in [0, 0.05) is 37.0 Å². The number of hydrogen-bond acceptors (Lipinski definition) is 6. The van der Waals surface area contributed by atoms with E-state index in [1.54, 1.807) is 37.5 Å². The average Bonchev–Trinajstić information content (AvgIpc) is 2.96. The molecule has 0 aliphatic carbocycles. The minimum absolute atomic E-state index is 0. The van der Waals surface area contributed by atoms with Crippen molar-refractivity contribution in [1.82, 2.24) is 15.3 Å². The number of halogens is 1. The third-order valence-corrected chi connectivity index (χ3v) is 5.39. The highest BCUT2D eigenvalue weighted by Gasteiger charge is 2.32. The molecule has 0 bridgehead atoms. The van der Waals surface area contributed by atoms with Crippen LogP contribution in [-0.2, 0) is 4.79 Å². The zero-order valence-corrected chi connectivity index (χ0v) is 18.1. The van der Waals surface area contributed by atoms with Crippen LogP contribution in [0.1, 0.15) is 17.9 Å². The number of carbonyl (C=O) groups is 2. The van der Waals surface area contributed by atoms with E-state index in [-0.39, 0.29) is 31.4 Å². The van der Waals surface area contributed by atoms with Crippen LogP contribution >= 0.6 is 0 Å². The highest BCUT2D eigenvalue weighted by Crippen LogP contribution is 2.37. The Bertz CT molecular complexity index is 1410. The lowest BCUT2D eigenvalue weighted by Crippen LogP contribution is -2.49. The summed E-state index contributed by atoms with van der Waals surface area (Å²) < 4.78 is 24.9. The molecule has 0 unspecified atom stereocenters. The second kappa shape index (κ2) is 9.76. The Morgan fingerprint density at radius 3 is 2.74 bits per heavy atom. The van der Waals surface area contributed by atoms with Crippen LogP contribution in [0.4, 0.5) is 10.1 Å². The zero-order chi connectivity index (χ0) is 23.7. The number of likely N-dealkylation sites (N-methyl/N-ethyl adjacent to an activating group) is 1. The number of amides is 2. The number of nitrogens with zero attached hydrogens (tertiary/aromatic N) is 3. The Morgan fingerprint density at radius 1 is 1.09 bits per heavy atom. The first kappa shape index (κ1) is 23.6. The van der Waals surface area contributed by atoms with Crippen molar-refractivity contribution in [2.24, 2.45) is 0 Å². The van der Waals surface area contributed by atoms with Crippen LogP contribution in [0.3, 0.4) is 0 Å². The van der Waals surface area contributed by atoms with Gasteiger partial charge in [-0.05, 0) is 42.5 Å². The number of hydrogen-bond donors (Lipinski definition) is 1. The van der Waals surface area contributed by atoms with Crippen LogP contribution in [0.5, 0.6) is 17.2 Å². The van der Waals surface area contributed by atoms with Crippen LogP contribution in [0.2, 0.25) is 0 Å². The molecular weight excluding hydrogens is 451 g/mol. The van der Waals surface area contributed by atoms with Crippen LogP contribution in [0, 0.1) is 5.82 Å². The van der Waals surface area contributed by atoms with Crippen LogP contribution in [-0.4, -0.2) is 41.5 Å². The first-order valence-electron chi connectivity index (χ1n) is 10.5. The normalized spacial score (nSPS) is 14.9. The quantitative estimate of drug-likeness (QED) is 0.473. The van der Waals surface area contributed by atoms with Gasteiger partial charge in [0.25, 0.3) is 11.8 Å². The van der Waals surface area contributed by atoms with E-state index in [4.69, 9.17) is 9.47 Å². The van der Waals surface area contributed by atoms with Gasteiger partial charge in [0.05, 0.1) is 11.2 Å². The summed E-state index contributed by atoms with van der Waals surface area (Å²) in [4.78, 5) is 35.9. The van der Waals surface area contributed by atoms with E-state index in [1.165, 1.54) is 35.4 Å². The lowest BCUT2D eigenvalue weighted by Gasteiger charge is -2.21. The van der Waals surface area contributed by atoms with E-state index in [1.807, 2.05) is 12.1 Å². The van der Waals surface area contributed by atoms with Crippen molar-refractivity contribution in [3.05, 3.63) is 84.6 Å². The monoisotopic (exact) mass is 474 g/mol. The molecule has 9 heteroatoms. The minimum atomic E-state index is -0.939. The molecule has 8 nitrogen and oxygen atoms in total. The standard InChI is InChI=1S/C25H19FN4O4.CH4/c1-30-23-18-6-3-10-27-19(18)7-8-22(23)33-14-21(25(30)32)29-24(31)20-13-17(9-11-28-20)34-16-5-2-4-15(26)12-16;/h2-13,21H,14H2,1H3,(H,29,31);1H4/t21-;/m0./s1. The fraction of sp³-hybridized carbons (Fsp3) is 0.154. The lowest BCUT2D eigenvalue weighted by atomic mass is 10.1. The topological polar surface area (TPSA) is 93.7 Å². The maximum Gasteiger partial charge on any atom is 0.270 e. The average molecular weight is 474 g/mol. The number of pyridine rings is 2. The first-order valence-corrected chi connectivity index (χ1v) is 10.5. The number of carbonyl (C=O) groups excluding carboxylic acids is 2. The molecule has 0 saturated carbocycles. The number of rotatable bonds is 4. The predicted octanol–water partition coefficient (Wildman–Crippen LogP) is 4.35. The van der Waals surface area contributed by atoms with Gasteiger partial charge in [-0.3, -0.25) is 19.6 Å². The van der Waals surface area contributed by atoms with Crippen LogP contribution < -0.4 is 19.7 Å². The summed E-state index contributed by atoms with van der Waals surface area (Å²) in [7, 11) is 1.63. The number of benzene rings is 2. The van der Waals surface area contributed by atoms with Gasteiger partial charge in [0.15, 0.2) is 0 Å². The summed E-state index contributed by atoms with van der Waals surface area (Å²) in [6, 6.07) is 14.9. The highest BCUT2D eigenvalue weighted by atomic mass is 19.1. The first-order chi connectivity index (χ1) is 16.5. The summed E-state index contributed by atoms with van der Waals surface area (Å²) in [5.41, 5.74) is 1.36. The molecule has 1 N–H and O–H groups in total. The van der Waals surface area contributed by atoms with Gasteiger partial charge in [-0.25, -0.2) is 4.39 Å². The van der Waals surface area contributed by atoms with Crippen molar-refractivity contribution in [3.63, 3.8) is 0 Å². The third-order valence-electron chi connectivity index (χ3n) is 5.39. The van der Waals surface area contributed by atoms with Crippen molar-refractivity contribution in [3.8, 4) is 17.2 Å². The SMILES string of the molecule is C.CN1C(=O)[C@@H](NC(=O)c2cc(Oc3cccc(F)c3)ccn2)COc2ccc3ncccc3c21. The molecule has 35 heavy (non-hydrogen) atoms. The number of fused-ring (bicyclic) bond motifs is 3. The fourth-order valence-corrected chi connectivity index (χ4v) is 3.77. The molecule has 0 saturated heterocycles. The molecular formula is C26H23FN4O4. The lowest BCUT2D eigenvalue weighted by molar-refractivity contribution is -0.120. The molecule has 1 aliphatic heterocycles. The number of ether oxygens (including phenoxy) is 2. The van der Waals surface area contributed by atoms with E-state index in [9.17, 15) is 14.0 Å². The van der Waals surface area contributed by atoms with Crippen molar-refractivity contribution in [2.75, 3.05) is 18.6 Å². The van der Waals surface area contributed by atoms with Gasteiger partial charge in [-0.15, -0.1) is 0 Å². The summed E-state index contributed by atoms with van der Waals surface area (Å²) in [5.74, 6) is -0.237. The van der Waals surface area contributed by atoms with Crippen molar-refractivity contribution >= 4 is 28.4 Å². The Hall–Kier alpha value is -4.53. The molecule has 1 atom stereocenters. The van der Waals surface area contributed by atoms with Gasteiger partial charge in [-0.2, -0.15) is 0 Å². The van der Waals surface area contributed by atoms with Gasteiger partial charge < -0.3 is 19.7 Å². The number of nitrogens with one attached hydrogen (secondary N) is 1. The molecule has 0 fully saturated rings. The third kappa shape index (κ3) is 4.74. The van der Waals surface area contributed by atoms with E-state index in [0.717, 1.165) is 10.9 Å². The van der Waals surface area contributed by atoms with Crippen molar-refractivity contribution in [2.45, 2.75) is 13.5 Å². The smallest absolute Gasteiger partial charge is 0.270 e. The Labute approximate surface area is 201 Å². The zero-order valence-electron chi connectivity index (χ0n) is 18.1. The molecule has 0 spiro atoms. The molecule has 5 rings (SSSR count). The highest BCUT2D eigenvalue weighted by molar-refractivity contribution is 6.08. The molecule has 1 aliphatic rings. The summed E-state index contributed by atoms with van der Waals surface area (Å²) in [6.45, 7) is -0.0484. The van der Waals surface area contributed by atoms with Crippen LogP contribution in [0.15, 0.2) is 73.1 Å². The van der Waals surface area contributed by atoms with E-state index < -0.39 is 17.8 Å². The Kier molecular flexibility index (Phi) is 6.59. The molecule has 2 amide bonds. The maximum atomic E-state index is 13.4. The summed E-state index contributed by atoms with van der Waals surface area (Å²) in [6.07, 6.45) is 3.08. The summed E-state index contributed by atoms with van der Waals surface area (Å²) >= 11 is 0. The van der Waals surface area contributed by atoms with Crippen LogP contribution in [0.25, 0.3) is 10.9 Å². The van der Waals surface area contributed by atoms with Gasteiger partial charge >= 0.3 is 0 Å². The largest absolute Gasteiger partial charge is 0.489 e. The molecule has 178 valence electrons. The fourth-order valence-electron chi connectivity index (χ4n) is 3.77. The van der Waals surface area contributed by atoms with Gasteiger partial charge in [0.1, 0.15) is 41.4 Å². The molecule has 3 heterocycles. The second-order valence-corrected chi connectivity index (χ2v) is 7.65. The number of aromatic nitrogens is 2. The molecule has 4 aromatic rings. The van der Waals surface area contributed by atoms with E-state index >= 15 is 0 Å². The minimum Gasteiger partial charge on any atom is -0.489 e. The van der Waals surface area contributed by atoms with Crippen molar-refractivity contribution in [1.29, 1.82) is 0 Å². The maximum absolute atomic E-state index is 13.4. The number of anilines is 1. The molecule has 2 aromatic carbocycles. The molecule has 2 aromatic heterocycles. The Balaban J connectivity index is 0.00000289.